The summed E-state index contributed by atoms with van der Waals surface area (Å²) in [5.41, 5.74) is -1.06. The van der Waals surface area contributed by atoms with Crippen molar-refractivity contribution in [2.45, 2.75) is 26.2 Å². The van der Waals surface area contributed by atoms with Gasteiger partial charge >= 0.3 is 12.4 Å². The summed E-state index contributed by atoms with van der Waals surface area (Å²) in [6.45, 7) is 1.58. The van der Waals surface area contributed by atoms with E-state index in [-0.39, 0.29) is 16.2 Å². The van der Waals surface area contributed by atoms with Crippen molar-refractivity contribution < 1.29 is 35.9 Å². The van der Waals surface area contributed by atoms with Gasteiger partial charge in [-0.1, -0.05) is 11.3 Å². The fraction of sp³-hybridized carbons (Fsp3) is 0.357. The summed E-state index contributed by atoms with van der Waals surface area (Å²) in [6, 6.07) is 1.71. The van der Waals surface area contributed by atoms with Crippen molar-refractivity contribution in [2.24, 2.45) is 0 Å². The van der Waals surface area contributed by atoms with Crippen molar-refractivity contribution in [3.63, 3.8) is 0 Å². The molecule has 0 saturated carbocycles. The van der Waals surface area contributed by atoms with Crippen LogP contribution in [-0.4, -0.2) is 29.5 Å². The molecule has 0 aliphatic rings. The van der Waals surface area contributed by atoms with Crippen LogP contribution in [0.1, 0.15) is 35.5 Å². The number of aromatic nitrogens is 1. The van der Waals surface area contributed by atoms with Gasteiger partial charge in [0.25, 0.3) is 11.8 Å². The van der Waals surface area contributed by atoms with Gasteiger partial charge in [0.05, 0.1) is 4.88 Å². The molecule has 2 aromatic heterocycles. The minimum atomic E-state index is -5.08. The summed E-state index contributed by atoms with van der Waals surface area (Å²) in [7, 11) is 0. The number of nitrogens with zero attached hydrogens (tertiary/aromatic N) is 1. The zero-order valence-corrected chi connectivity index (χ0v) is 15.3. The third kappa shape index (κ3) is 5.42. The van der Waals surface area contributed by atoms with Crippen LogP contribution in [0.3, 0.4) is 0 Å². The van der Waals surface area contributed by atoms with E-state index in [1.54, 1.807) is 19.9 Å². The van der Waals surface area contributed by atoms with E-state index in [1.165, 1.54) is 5.32 Å². The molecule has 2 aromatic rings. The number of aryl methyl sites for hydroxylation is 2. The maximum Gasteiger partial charge on any atom is 0.435 e. The molecule has 0 fully saturated rings. The lowest BCUT2D eigenvalue weighted by molar-refractivity contribution is -0.141. The first-order valence-corrected chi connectivity index (χ1v) is 8.72. The molecule has 148 valence electrons. The Morgan fingerprint density at radius 1 is 1.04 bits per heavy atom. The summed E-state index contributed by atoms with van der Waals surface area (Å²) in [4.78, 5) is 27.1. The molecule has 0 spiro atoms. The summed E-state index contributed by atoms with van der Waals surface area (Å²) in [5, 5.41) is 2.96. The van der Waals surface area contributed by atoms with Gasteiger partial charge in [-0.25, -0.2) is 4.98 Å². The highest BCUT2D eigenvalue weighted by Gasteiger charge is 2.40. The van der Waals surface area contributed by atoms with Crippen molar-refractivity contribution in [3.05, 3.63) is 32.0 Å². The fourth-order valence-corrected chi connectivity index (χ4v) is 3.82. The highest BCUT2D eigenvalue weighted by atomic mass is 32.1. The molecule has 2 amide bonds. The first kappa shape index (κ1) is 21.2. The number of amides is 2. The molecule has 5 nitrogen and oxygen atoms in total. The second kappa shape index (κ2) is 7.46. The molecule has 2 rings (SSSR count). The van der Waals surface area contributed by atoms with Crippen LogP contribution in [-0.2, 0) is 6.18 Å². The van der Waals surface area contributed by atoms with Gasteiger partial charge in [0.1, 0.15) is 11.4 Å². The Morgan fingerprint density at radius 3 is 2.15 bits per heavy atom. The number of thiazole rings is 1. The first-order valence-electron chi connectivity index (χ1n) is 7.09. The number of halogens is 6. The summed E-state index contributed by atoms with van der Waals surface area (Å²) < 4.78 is 75.7. The Labute approximate surface area is 156 Å². The number of nitrogens with one attached hydrogen (secondary N) is 2. The third-order valence-corrected chi connectivity index (χ3v) is 5.14. The van der Waals surface area contributed by atoms with E-state index in [2.05, 4.69) is 10.3 Å². The molecule has 27 heavy (non-hydrogen) atoms. The highest BCUT2D eigenvalue weighted by molar-refractivity contribution is 7.18. The lowest BCUT2D eigenvalue weighted by atomic mass is 10.2. The highest BCUT2D eigenvalue weighted by Crippen LogP contribution is 2.36. The van der Waals surface area contributed by atoms with Crippen molar-refractivity contribution in [1.29, 1.82) is 0 Å². The SMILES string of the molecule is Cc1cc(C)c(C(=O)Nc2nc(C(F)(F)F)c(C(=O)NCC(F)(F)F)s2)s1. The molecule has 0 saturated heterocycles. The number of hydrogen-bond acceptors (Lipinski definition) is 5. The van der Waals surface area contributed by atoms with Crippen molar-refractivity contribution in [3.8, 4) is 0 Å². The number of thiophene rings is 1. The summed E-state index contributed by atoms with van der Waals surface area (Å²) in [5.74, 6) is -2.31. The molecule has 0 atom stereocenters. The molecule has 2 N–H and O–H groups in total. The van der Waals surface area contributed by atoms with Gasteiger partial charge in [-0.15, -0.1) is 11.3 Å². The van der Waals surface area contributed by atoms with Gasteiger partial charge in [0.2, 0.25) is 0 Å². The normalized spacial score (nSPS) is 12.1. The lowest BCUT2D eigenvalue weighted by Gasteiger charge is -2.09. The number of rotatable bonds is 4. The predicted molar refractivity (Wildman–Crippen MR) is 87.3 cm³/mol. The van der Waals surface area contributed by atoms with Crippen LogP contribution in [0.5, 0.6) is 0 Å². The minimum absolute atomic E-state index is 0.143. The van der Waals surface area contributed by atoms with E-state index < -0.39 is 46.4 Å². The van der Waals surface area contributed by atoms with Gasteiger partial charge in [0, 0.05) is 4.88 Å². The molecule has 0 unspecified atom stereocenters. The molecule has 2 heterocycles. The molecular weight excluding hydrogens is 420 g/mol. The van der Waals surface area contributed by atoms with E-state index in [1.807, 2.05) is 0 Å². The minimum Gasteiger partial charge on any atom is -0.342 e. The van der Waals surface area contributed by atoms with Gasteiger partial charge in [0.15, 0.2) is 10.8 Å². The molecule has 0 aliphatic carbocycles. The number of alkyl halides is 6. The monoisotopic (exact) mass is 431 g/mol. The molecular formula is C14H11F6N3O2S2. The smallest absolute Gasteiger partial charge is 0.342 e. The zero-order valence-electron chi connectivity index (χ0n) is 13.6. The van der Waals surface area contributed by atoms with Crippen LogP contribution in [0.25, 0.3) is 0 Å². The van der Waals surface area contributed by atoms with Crippen molar-refractivity contribution in [1.82, 2.24) is 10.3 Å². The number of hydrogen-bond donors (Lipinski definition) is 2. The fourth-order valence-electron chi connectivity index (χ4n) is 2.00. The Hall–Kier alpha value is -2.15. The molecule has 0 bridgehead atoms. The molecule has 13 heteroatoms. The maximum absolute atomic E-state index is 13.1. The van der Waals surface area contributed by atoms with Crippen LogP contribution in [0.4, 0.5) is 31.5 Å². The van der Waals surface area contributed by atoms with Gasteiger partial charge in [-0.05, 0) is 25.5 Å². The van der Waals surface area contributed by atoms with Crippen LogP contribution >= 0.6 is 22.7 Å². The number of carbonyl (C=O) groups excluding carboxylic acids is 2. The topological polar surface area (TPSA) is 71.1 Å². The Balaban J connectivity index is 2.28. The standard InChI is InChI=1S/C14H11F6N3O2S2/c1-5-3-6(2)26-7(5)11(25)23-12-22-9(14(18,19)20)8(27-12)10(24)21-4-13(15,16)17/h3H,4H2,1-2H3,(H,21,24)(H,22,23,25). The molecule has 0 aliphatic heterocycles. The van der Waals surface area contributed by atoms with Crippen LogP contribution in [0, 0.1) is 13.8 Å². The second-order valence-corrected chi connectivity index (χ2v) is 7.57. The quantitative estimate of drug-likeness (QED) is 0.706. The van der Waals surface area contributed by atoms with E-state index >= 15 is 0 Å². The Bertz CT molecular complexity index is 869. The van der Waals surface area contributed by atoms with E-state index in [0.29, 0.717) is 5.56 Å². The van der Waals surface area contributed by atoms with Gasteiger partial charge < -0.3 is 5.32 Å². The second-order valence-electron chi connectivity index (χ2n) is 5.32. The average molecular weight is 431 g/mol. The summed E-state index contributed by atoms with van der Waals surface area (Å²) >= 11 is 1.26. The van der Waals surface area contributed by atoms with Crippen molar-refractivity contribution in [2.75, 3.05) is 11.9 Å². The first-order chi connectivity index (χ1) is 12.3. The maximum atomic E-state index is 13.1. The largest absolute Gasteiger partial charge is 0.435 e. The van der Waals surface area contributed by atoms with E-state index in [4.69, 9.17) is 0 Å². The molecule has 0 radical (unpaired) electrons. The average Bonchev–Trinajstić information content (AvgIpc) is 3.07. The zero-order chi connectivity index (χ0) is 20.6. The molecule has 0 aromatic carbocycles. The van der Waals surface area contributed by atoms with Crippen LogP contribution in [0.15, 0.2) is 6.07 Å². The Morgan fingerprint density at radius 2 is 1.67 bits per heavy atom. The predicted octanol–water partition coefficient (Wildman–Crippen LogP) is 4.38. The number of anilines is 1. The van der Waals surface area contributed by atoms with Crippen LogP contribution in [0.2, 0.25) is 0 Å². The van der Waals surface area contributed by atoms with E-state index in [9.17, 15) is 35.9 Å². The van der Waals surface area contributed by atoms with Gasteiger partial charge in [-0.2, -0.15) is 26.3 Å². The Kier molecular flexibility index (Phi) is 5.85. The number of carbonyl (C=O) groups is 2. The summed E-state index contributed by atoms with van der Waals surface area (Å²) in [6.07, 6.45) is -9.87. The lowest BCUT2D eigenvalue weighted by Crippen LogP contribution is -2.34. The third-order valence-electron chi connectivity index (χ3n) is 3.02. The van der Waals surface area contributed by atoms with E-state index in [0.717, 1.165) is 16.2 Å². The van der Waals surface area contributed by atoms with Crippen molar-refractivity contribution >= 4 is 39.6 Å². The van der Waals surface area contributed by atoms with Gasteiger partial charge in [-0.3, -0.25) is 14.9 Å². The van der Waals surface area contributed by atoms with Crippen LogP contribution < -0.4 is 10.6 Å².